The molecule has 1 unspecified atom stereocenters. The molecule has 2 aromatic carbocycles. The zero-order chi connectivity index (χ0) is 14.8. The van der Waals surface area contributed by atoms with Gasteiger partial charge in [-0.1, -0.05) is 35.9 Å². The van der Waals surface area contributed by atoms with Crippen LogP contribution in [0.3, 0.4) is 0 Å². The monoisotopic (exact) mass is 363 g/mol. The number of rotatable bonds is 4. The van der Waals surface area contributed by atoms with Crippen LogP contribution in [-0.4, -0.2) is 7.05 Å². The van der Waals surface area contributed by atoms with Crippen LogP contribution in [0.4, 0.5) is 0 Å². The molecule has 0 aliphatic heterocycles. The highest BCUT2D eigenvalue weighted by Gasteiger charge is 2.15. The molecule has 1 aliphatic carbocycles. The highest BCUT2D eigenvalue weighted by atomic mass is 79.9. The van der Waals surface area contributed by atoms with E-state index in [0.29, 0.717) is 6.04 Å². The van der Waals surface area contributed by atoms with E-state index in [2.05, 4.69) is 51.6 Å². The first kappa shape index (κ1) is 15.1. The van der Waals surface area contributed by atoms with Crippen LogP contribution in [0.25, 0.3) is 0 Å². The molecule has 21 heavy (non-hydrogen) atoms. The number of hydrogen-bond acceptors (Lipinski definition) is 1. The molecule has 0 radical (unpaired) electrons. The van der Waals surface area contributed by atoms with E-state index in [9.17, 15) is 0 Å². The van der Waals surface area contributed by atoms with E-state index in [-0.39, 0.29) is 0 Å². The van der Waals surface area contributed by atoms with Crippen molar-refractivity contribution >= 4 is 27.5 Å². The normalized spacial score (nSPS) is 15.0. The largest absolute Gasteiger partial charge is 0.313 e. The molecule has 1 atom stereocenters. The Hall–Kier alpha value is -0.830. The number of hydrogen-bond donors (Lipinski definition) is 1. The third-order valence-corrected chi connectivity index (χ3v) is 5.51. The second-order valence-electron chi connectivity index (χ2n) is 5.68. The summed E-state index contributed by atoms with van der Waals surface area (Å²) in [5, 5.41) is 4.17. The summed E-state index contributed by atoms with van der Waals surface area (Å²) in [6, 6.07) is 13.4. The fourth-order valence-corrected chi connectivity index (χ4v) is 3.62. The Kier molecular flexibility index (Phi) is 4.68. The molecule has 0 saturated heterocycles. The average molecular weight is 365 g/mol. The lowest BCUT2D eigenvalue weighted by Gasteiger charge is -2.18. The molecule has 2 aromatic rings. The standard InChI is InChI=1S/C18H19BrClN/c1-21-18(15-7-8-17(20)16(19)11-15)10-12-5-6-13-3-2-4-14(13)9-12/h5-9,11,18,21H,2-4,10H2,1H3. The summed E-state index contributed by atoms with van der Waals surface area (Å²) >= 11 is 9.60. The lowest BCUT2D eigenvalue weighted by atomic mass is 9.96. The van der Waals surface area contributed by atoms with Crippen molar-refractivity contribution in [2.75, 3.05) is 7.05 Å². The minimum absolute atomic E-state index is 0.304. The summed E-state index contributed by atoms with van der Waals surface area (Å²) in [5.41, 5.74) is 5.74. The maximum absolute atomic E-state index is 6.09. The predicted octanol–water partition coefficient (Wildman–Crippen LogP) is 5.09. The number of likely N-dealkylation sites (N-methyl/N-ethyl adjacent to an activating group) is 1. The second kappa shape index (κ2) is 6.51. The maximum Gasteiger partial charge on any atom is 0.0548 e. The predicted molar refractivity (Wildman–Crippen MR) is 93.1 cm³/mol. The molecule has 0 fully saturated rings. The number of fused-ring (bicyclic) bond motifs is 1. The summed E-state index contributed by atoms with van der Waals surface area (Å²) in [6.07, 6.45) is 4.78. The number of aryl methyl sites for hydroxylation is 2. The first-order valence-corrected chi connectivity index (χ1v) is 8.57. The highest BCUT2D eigenvalue weighted by molar-refractivity contribution is 9.10. The molecule has 0 aromatic heterocycles. The summed E-state index contributed by atoms with van der Waals surface area (Å²) in [7, 11) is 2.01. The van der Waals surface area contributed by atoms with Crippen LogP contribution in [0.1, 0.15) is 34.7 Å². The van der Waals surface area contributed by atoms with Gasteiger partial charge in [0.15, 0.2) is 0 Å². The van der Waals surface area contributed by atoms with E-state index in [4.69, 9.17) is 11.6 Å². The molecule has 3 rings (SSSR count). The van der Waals surface area contributed by atoms with Crippen LogP contribution in [0, 0.1) is 0 Å². The van der Waals surface area contributed by atoms with Gasteiger partial charge >= 0.3 is 0 Å². The zero-order valence-corrected chi connectivity index (χ0v) is 14.5. The molecule has 0 amide bonds. The Labute approximate surface area is 139 Å². The molecule has 110 valence electrons. The molecule has 1 N–H and O–H groups in total. The minimum Gasteiger partial charge on any atom is -0.313 e. The van der Waals surface area contributed by atoms with E-state index < -0.39 is 0 Å². The van der Waals surface area contributed by atoms with Gasteiger partial charge in [-0.3, -0.25) is 0 Å². The van der Waals surface area contributed by atoms with Gasteiger partial charge in [0.25, 0.3) is 0 Å². The van der Waals surface area contributed by atoms with Crippen LogP contribution in [0.5, 0.6) is 0 Å². The zero-order valence-electron chi connectivity index (χ0n) is 12.1. The number of nitrogens with one attached hydrogen (secondary N) is 1. The van der Waals surface area contributed by atoms with E-state index >= 15 is 0 Å². The van der Waals surface area contributed by atoms with Crippen LogP contribution in [0.15, 0.2) is 40.9 Å². The van der Waals surface area contributed by atoms with Crippen molar-refractivity contribution in [3.8, 4) is 0 Å². The highest BCUT2D eigenvalue weighted by Crippen LogP contribution is 2.29. The Morgan fingerprint density at radius 3 is 2.71 bits per heavy atom. The third kappa shape index (κ3) is 3.33. The van der Waals surface area contributed by atoms with Crippen LogP contribution in [0.2, 0.25) is 5.02 Å². The van der Waals surface area contributed by atoms with E-state index in [1.165, 1.54) is 36.0 Å². The SMILES string of the molecule is CNC(Cc1ccc2c(c1)CCC2)c1ccc(Cl)c(Br)c1. The van der Waals surface area contributed by atoms with E-state index in [1.54, 1.807) is 5.56 Å². The molecule has 1 nitrogen and oxygen atoms in total. The number of benzene rings is 2. The van der Waals surface area contributed by atoms with Gasteiger partial charge in [-0.05, 0) is 83.0 Å². The van der Waals surface area contributed by atoms with Crippen LogP contribution >= 0.6 is 27.5 Å². The third-order valence-electron chi connectivity index (χ3n) is 4.30. The van der Waals surface area contributed by atoms with Crippen molar-refractivity contribution < 1.29 is 0 Å². The van der Waals surface area contributed by atoms with Crippen molar-refractivity contribution in [1.82, 2.24) is 5.32 Å². The lowest BCUT2D eigenvalue weighted by Crippen LogP contribution is -2.19. The molecule has 0 bridgehead atoms. The van der Waals surface area contributed by atoms with Gasteiger partial charge in [0.05, 0.1) is 5.02 Å². The number of halogens is 2. The van der Waals surface area contributed by atoms with Crippen molar-refractivity contribution in [3.63, 3.8) is 0 Å². The molecule has 0 spiro atoms. The van der Waals surface area contributed by atoms with E-state index in [1.807, 2.05) is 13.1 Å². The van der Waals surface area contributed by atoms with Crippen molar-refractivity contribution in [1.29, 1.82) is 0 Å². The van der Waals surface area contributed by atoms with Crippen LogP contribution in [-0.2, 0) is 19.3 Å². The van der Waals surface area contributed by atoms with Gasteiger partial charge in [0.2, 0.25) is 0 Å². The van der Waals surface area contributed by atoms with E-state index in [0.717, 1.165) is 15.9 Å². The van der Waals surface area contributed by atoms with Gasteiger partial charge < -0.3 is 5.32 Å². The Morgan fingerprint density at radius 2 is 1.95 bits per heavy atom. The van der Waals surface area contributed by atoms with Crippen molar-refractivity contribution in [2.45, 2.75) is 31.7 Å². The fourth-order valence-electron chi connectivity index (χ4n) is 3.10. The van der Waals surface area contributed by atoms with Crippen molar-refractivity contribution in [2.24, 2.45) is 0 Å². The molecular weight excluding hydrogens is 346 g/mol. The molecular formula is C18H19BrClN. The fraction of sp³-hybridized carbons (Fsp3) is 0.333. The quantitative estimate of drug-likeness (QED) is 0.796. The smallest absolute Gasteiger partial charge is 0.0548 e. The Balaban J connectivity index is 1.82. The minimum atomic E-state index is 0.304. The average Bonchev–Trinajstić information content (AvgIpc) is 2.95. The Morgan fingerprint density at radius 1 is 1.14 bits per heavy atom. The Bertz CT molecular complexity index is 654. The molecule has 0 saturated carbocycles. The lowest BCUT2D eigenvalue weighted by molar-refractivity contribution is 0.591. The van der Waals surface area contributed by atoms with Gasteiger partial charge in [-0.25, -0.2) is 0 Å². The summed E-state index contributed by atoms with van der Waals surface area (Å²) < 4.78 is 0.955. The van der Waals surface area contributed by atoms with Gasteiger partial charge in [0, 0.05) is 10.5 Å². The molecule has 0 heterocycles. The van der Waals surface area contributed by atoms with Gasteiger partial charge in [-0.2, -0.15) is 0 Å². The first-order chi connectivity index (χ1) is 10.2. The van der Waals surface area contributed by atoms with Gasteiger partial charge in [-0.15, -0.1) is 0 Å². The molecule has 1 aliphatic rings. The maximum atomic E-state index is 6.09. The summed E-state index contributed by atoms with van der Waals surface area (Å²) in [6.45, 7) is 0. The summed E-state index contributed by atoms with van der Waals surface area (Å²) in [5.74, 6) is 0. The van der Waals surface area contributed by atoms with Gasteiger partial charge in [0.1, 0.15) is 0 Å². The second-order valence-corrected chi connectivity index (χ2v) is 6.94. The van der Waals surface area contributed by atoms with Crippen LogP contribution < -0.4 is 5.32 Å². The molecule has 3 heteroatoms. The topological polar surface area (TPSA) is 12.0 Å². The first-order valence-electron chi connectivity index (χ1n) is 7.40. The summed E-state index contributed by atoms with van der Waals surface area (Å²) in [4.78, 5) is 0. The van der Waals surface area contributed by atoms with Crippen molar-refractivity contribution in [3.05, 3.63) is 68.1 Å².